The minimum atomic E-state index is -0.353. The third kappa shape index (κ3) is 4.01. The molecule has 0 saturated carbocycles. The number of rotatable bonds is 5. The molecule has 1 fully saturated rings. The molecule has 0 aromatic rings. The molecule has 2 unspecified atom stereocenters. The lowest BCUT2D eigenvalue weighted by Gasteiger charge is -2.13. The Morgan fingerprint density at radius 3 is 2.53 bits per heavy atom. The number of carbonyl (C=O) groups is 1. The Hall–Kier alpha value is -0.870. The molecule has 2 atom stereocenters. The Morgan fingerprint density at radius 2 is 2.00 bits per heavy atom. The molecule has 1 aliphatic rings. The van der Waals surface area contributed by atoms with Gasteiger partial charge in [-0.3, -0.25) is 0 Å². The molecule has 0 bridgehead atoms. The predicted molar refractivity (Wildman–Crippen MR) is 55.5 cm³/mol. The van der Waals surface area contributed by atoms with Crippen LogP contribution in [0.2, 0.25) is 0 Å². The van der Waals surface area contributed by atoms with E-state index in [1.807, 2.05) is 0 Å². The lowest BCUT2D eigenvalue weighted by molar-refractivity contribution is -0.143. The second kappa shape index (κ2) is 5.88. The maximum Gasteiger partial charge on any atom is 0.333 e. The van der Waals surface area contributed by atoms with Gasteiger partial charge in [0.05, 0.1) is 18.8 Å². The van der Waals surface area contributed by atoms with Crippen molar-refractivity contribution in [1.82, 2.24) is 0 Å². The van der Waals surface area contributed by atoms with Gasteiger partial charge in [0.2, 0.25) is 0 Å². The topological polar surface area (TPSA) is 44.8 Å². The number of carbonyl (C=O) groups excluding carboxylic acids is 1. The third-order valence-electron chi connectivity index (χ3n) is 2.30. The summed E-state index contributed by atoms with van der Waals surface area (Å²) in [5.41, 5.74) is 0.418. The van der Waals surface area contributed by atoms with Crippen molar-refractivity contribution in [2.24, 2.45) is 0 Å². The Labute approximate surface area is 90.2 Å². The number of hydrogen-bond acceptors (Lipinski definition) is 4. The summed E-state index contributed by atoms with van der Waals surface area (Å²) in [6, 6.07) is 0. The molecule has 0 spiro atoms. The van der Waals surface area contributed by atoms with Crippen molar-refractivity contribution in [3.63, 3.8) is 0 Å². The summed E-state index contributed by atoms with van der Waals surface area (Å²) >= 11 is 0. The molecule has 0 radical (unpaired) electrons. The van der Waals surface area contributed by atoms with Crippen molar-refractivity contribution in [3.8, 4) is 0 Å². The van der Waals surface area contributed by atoms with E-state index in [0.717, 1.165) is 12.8 Å². The minimum Gasteiger partial charge on any atom is -0.460 e. The fourth-order valence-electron chi connectivity index (χ4n) is 1.50. The first-order valence-electron chi connectivity index (χ1n) is 5.10. The van der Waals surface area contributed by atoms with Gasteiger partial charge >= 0.3 is 5.97 Å². The Balaban J connectivity index is 2.19. The molecule has 1 rings (SSSR count). The molecule has 1 saturated heterocycles. The number of esters is 1. The van der Waals surface area contributed by atoms with Gasteiger partial charge in [-0.25, -0.2) is 4.79 Å². The Kier molecular flexibility index (Phi) is 4.78. The minimum absolute atomic E-state index is 0.00782. The van der Waals surface area contributed by atoms with E-state index in [9.17, 15) is 4.79 Å². The van der Waals surface area contributed by atoms with Gasteiger partial charge < -0.3 is 14.2 Å². The molecule has 4 heteroatoms. The van der Waals surface area contributed by atoms with Crippen LogP contribution in [0, 0.1) is 0 Å². The maximum atomic E-state index is 11.1. The van der Waals surface area contributed by atoms with E-state index in [-0.39, 0.29) is 18.2 Å². The van der Waals surface area contributed by atoms with Crippen molar-refractivity contribution in [2.75, 3.05) is 20.3 Å². The van der Waals surface area contributed by atoms with Gasteiger partial charge in [-0.2, -0.15) is 0 Å². The van der Waals surface area contributed by atoms with E-state index in [0.29, 0.717) is 18.8 Å². The zero-order valence-corrected chi connectivity index (χ0v) is 9.32. The van der Waals surface area contributed by atoms with E-state index < -0.39 is 0 Å². The average Bonchev–Trinajstić information content (AvgIpc) is 2.62. The molecule has 86 valence electrons. The molecule has 0 N–H and O–H groups in total. The lowest BCUT2D eigenvalue weighted by atomic mass is 10.2. The van der Waals surface area contributed by atoms with Crippen LogP contribution in [-0.2, 0) is 19.0 Å². The summed E-state index contributed by atoms with van der Waals surface area (Å²) in [5, 5.41) is 0. The van der Waals surface area contributed by atoms with Gasteiger partial charge in [0.25, 0.3) is 0 Å². The zero-order valence-electron chi connectivity index (χ0n) is 9.32. The standard InChI is InChI=1S/C11H18O4/c1-8(2)11(12)14-7-10-5-4-9(15-10)6-13-3/h9-10H,1,4-7H2,2-3H3. The van der Waals surface area contributed by atoms with E-state index in [1.165, 1.54) is 0 Å². The Morgan fingerprint density at radius 1 is 1.40 bits per heavy atom. The summed E-state index contributed by atoms with van der Waals surface area (Å²) < 4.78 is 15.6. The fraction of sp³-hybridized carbons (Fsp3) is 0.727. The summed E-state index contributed by atoms with van der Waals surface area (Å²) in [6.07, 6.45) is 2.03. The van der Waals surface area contributed by atoms with Gasteiger partial charge in [0.1, 0.15) is 6.61 Å². The SMILES string of the molecule is C=C(C)C(=O)OCC1CCC(COC)O1. The summed E-state index contributed by atoms with van der Waals surface area (Å²) in [7, 11) is 1.65. The van der Waals surface area contributed by atoms with Gasteiger partial charge in [0, 0.05) is 12.7 Å². The van der Waals surface area contributed by atoms with Gasteiger partial charge in [-0.15, -0.1) is 0 Å². The zero-order chi connectivity index (χ0) is 11.3. The quantitative estimate of drug-likeness (QED) is 0.511. The van der Waals surface area contributed by atoms with Crippen LogP contribution in [-0.4, -0.2) is 38.5 Å². The molecule has 15 heavy (non-hydrogen) atoms. The molecule has 1 aliphatic heterocycles. The first-order chi connectivity index (χ1) is 7.13. The van der Waals surface area contributed by atoms with Crippen molar-refractivity contribution >= 4 is 5.97 Å². The smallest absolute Gasteiger partial charge is 0.333 e. The van der Waals surface area contributed by atoms with Gasteiger partial charge in [0.15, 0.2) is 0 Å². The third-order valence-corrected chi connectivity index (χ3v) is 2.30. The van der Waals surface area contributed by atoms with Crippen molar-refractivity contribution < 1.29 is 19.0 Å². The van der Waals surface area contributed by atoms with E-state index in [4.69, 9.17) is 14.2 Å². The highest BCUT2D eigenvalue weighted by molar-refractivity contribution is 5.86. The van der Waals surface area contributed by atoms with Crippen LogP contribution >= 0.6 is 0 Å². The molecule has 0 aromatic carbocycles. The summed E-state index contributed by atoms with van der Waals surface area (Å²) in [5.74, 6) is -0.353. The van der Waals surface area contributed by atoms with E-state index in [2.05, 4.69) is 6.58 Å². The van der Waals surface area contributed by atoms with Gasteiger partial charge in [-0.1, -0.05) is 6.58 Å². The normalized spacial score (nSPS) is 25.2. The van der Waals surface area contributed by atoms with Crippen LogP contribution in [0.1, 0.15) is 19.8 Å². The highest BCUT2D eigenvalue weighted by atomic mass is 16.6. The predicted octanol–water partition coefficient (Wildman–Crippen LogP) is 1.30. The molecule has 1 heterocycles. The molecule has 4 nitrogen and oxygen atoms in total. The second-order valence-electron chi connectivity index (χ2n) is 3.79. The molecular weight excluding hydrogens is 196 g/mol. The van der Waals surface area contributed by atoms with Crippen LogP contribution in [0.5, 0.6) is 0 Å². The molecule has 0 amide bonds. The van der Waals surface area contributed by atoms with Gasteiger partial charge in [-0.05, 0) is 19.8 Å². The monoisotopic (exact) mass is 214 g/mol. The van der Waals surface area contributed by atoms with Crippen LogP contribution in [0.3, 0.4) is 0 Å². The first-order valence-corrected chi connectivity index (χ1v) is 5.10. The average molecular weight is 214 g/mol. The van der Waals surface area contributed by atoms with Crippen molar-refractivity contribution in [1.29, 1.82) is 0 Å². The van der Waals surface area contributed by atoms with Crippen LogP contribution < -0.4 is 0 Å². The largest absolute Gasteiger partial charge is 0.460 e. The second-order valence-corrected chi connectivity index (χ2v) is 3.79. The summed E-state index contributed by atoms with van der Waals surface area (Å²) in [4.78, 5) is 11.1. The maximum absolute atomic E-state index is 11.1. The number of ether oxygens (including phenoxy) is 3. The summed E-state index contributed by atoms with van der Waals surface area (Å²) in [6.45, 7) is 6.05. The number of hydrogen-bond donors (Lipinski definition) is 0. The van der Waals surface area contributed by atoms with Crippen LogP contribution in [0.4, 0.5) is 0 Å². The molecule has 0 aliphatic carbocycles. The highest BCUT2D eigenvalue weighted by Crippen LogP contribution is 2.20. The Bertz CT molecular complexity index is 237. The van der Waals surface area contributed by atoms with E-state index >= 15 is 0 Å². The van der Waals surface area contributed by atoms with E-state index in [1.54, 1.807) is 14.0 Å². The van der Waals surface area contributed by atoms with Crippen LogP contribution in [0.15, 0.2) is 12.2 Å². The molecule has 0 aromatic heterocycles. The lowest BCUT2D eigenvalue weighted by Crippen LogP contribution is -2.21. The number of methoxy groups -OCH3 is 1. The highest BCUT2D eigenvalue weighted by Gasteiger charge is 2.26. The van der Waals surface area contributed by atoms with Crippen molar-refractivity contribution in [3.05, 3.63) is 12.2 Å². The molecular formula is C11H18O4. The van der Waals surface area contributed by atoms with Crippen molar-refractivity contribution in [2.45, 2.75) is 32.0 Å². The fourth-order valence-corrected chi connectivity index (χ4v) is 1.50. The first kappa shape index (κ1) is 12.2. The van der Waals surface area contributed by atoms with Crippen LogP contribution in [0.25, 0.3) is 0 Å².